The molecule has 1 aliphatic rings. The van der Waals surface area contributed by atoms with E-state index in [-0.39, 0.29) is 0 Å². The van der Waals surface area contributed by atoms with Crippen molar-refractivity contribution in [2.24, 2.45) is 0 Å². The van der Waals surface area contributed by atoms with Crippen molar-refractivity contribution in [1.29, 1.82) is 0 Å². The number of hydrogen-bond acceptors (Lipinski definition) is 6. The Hall–Kier alpha value is -3.12. The lowest BCUT2D eigenvalue weighted by atomic mass is 10.1. The van der Waals surface area contributed by atoms with Crippen LogP contribution in [0.2, 0.25) is 0 Å². The van der Waals surface area contributed by atoms with E-state index in [1.54, 1.807) is 7.11 Å². The molecule has 0 spiro atoms. The predicted octanol–water partition coefficient (Wildman–Crippen LogP) is 3.65. The van der Waals surface area contributed by atoms with Gasteiger partial charge >= 0.3 is 0 Å². The Morgan fingerprint density at radius 2 is 1.89 bits per heavy atom. The average molecular weight is 363 g/mol. The minimum absolute atomic E-state index is 0.539. The molecule has 138 valence electrons. The highest BCUT2D eigenvalue weighted by atomic mass is 16.5. The molecular formula is C21H21N3O3. The fourth-order valence-corrected chi connectivity index (χ4v) is 3.13. The van der Waals surface area contributed by atoms with Gasteiger partial charge in [0.2, 0.25) is 11.8 Å². The molecule has 0 unspecified atom stereocenters. The number of hydrogen-bond donors (Lipinski definition) is 0. The zero-order valence-corrected chi connectivity index (χ0v) is 15.4. The molecule has 0 bridgehead atoms. The Kier molecular flexibility index (Phi) is 4.89. The van der Waals surface area contributed by atoms with Crippen LogP contribution in [0.1, 0.15) is 11.5 Å². The smallest absolute Gasteiger partial charge is 0.247 e. The number of rotatable bonds is 6. The van der Waals surface area contributed by atoms with Gasteiger partial charge in [0.25, 0.3) is 0 Å². The molecule has 2 aromatic carbocycles. The maximum absolute atomic E-state index is 5.90. The number of para-hydroxylation sites is 1. The van der Waals surface area contributed by atoms with Crippen molar-refractivity contribution in [3.8, 4) is 23.0 Å². The highest BCUT2D eigenvalue weighted by molar-refractivity contribution is 5.66. The highest BCUT2D eigenvalue weighted by Gasteiger charge is 2.17. The van der Waals surface area contributed by atoms with E-state index in [9.17, 15) is 0 Å². The van der Waals surface area contributed by atoms with E-state index >= 15 is 0 Å². The Labute approximate surface area is 158 Å². The summed E-state index contributed by atoms with van der Waals surface area (Å²) < 4.78 is 17.0. The van der Waals surface area contributed by atoms with Crippen LogP contribution < -0.4 is 9.47 Å². The summed E-state index contributed by atoms with van der Waals surface area (Å²) in [5.41, 5.74) is 3.14. The van der Waals surface area contributed by atoms with Crippen LogP contribution in [0.4, 0.5) is 0 Å². The number of aromatic nitrogens is 2. The number of nitrogens with zero attached hydrogens (tertiary/aromatic N) is 3. The number of fused-ring (bicyclic) bond motifs is 1. The lowest BCUT2D eigenvalue weighted by Gasteiger charge is -2.23. The summed E-state index contributed by atoms with van der Waals surface area (Å²) in [5.74, 6) is 2.70. The van der Waals surface area contributed by atoms with Crippen molar-refractivity contribution in [2.75, 3.05) is 27.3 Å². The molecule has 6 nitrogen and oxygen atoms in total. The van der Waals surface area contributed by atoms with Crippen molar-refractivity contribution in [1.82, 2.24) is 15.1 Å². The van der Waals surface area contributed by atoms with E-state index in [1.165, 1.54) is 5.57 Å². The summed E-state index contributed by atoms with van der Waals surface area (Å²) in [6, 6.07) is 15.7. The predicted molar refractivity (Wildman–Crippen MR) is 103 cm³/mol. The maximum Gasteiger partial charge on any atom is 0.247 e. The molecule has 0 N–H and O–H groups in total. The van der Waals surface area contributed by atoms with Crippen LogP contribution in [0.15, 0.2) is 58.5 Å². The first-order chi connectivity index (χ1) is 13.2. The summed E-state index contributed by atoms with van der Waals surface area (Å²) in [7, 11) is 3.68. The van der Waals surface area contributed by atoms with Crippen molar-refractivity contribution in [3.63, 3.8) is 0 Å². The van der Waals surface area contributed by atoms with E-state index in [1.807, 2.05) is 55.6 Å². The van der Waals surface area contributed by atoms with Gasteiger partial charge in [0.05, 0.1) is 13.7 Å². The Bertz CT molecular complexity index is 950. The summed E-state index contributed by atoms with van der Waals surface area (Å²) in [6.07, 6.45) is 2.15. The number of likely N-dealkylation sites (N-methyl/N-ethyl adjacent to an activating group) is 1. The van der Waals surface area contributed by atoms with Crippen LogP contribution in [0.3, 0.4) is 0 Å². The van der Waals surface area contributed by atoms with Gasteiger partial charge in [-0.25, -0.2) is 0 Å². The molecule has 1 aliphatic heterocycles. The average Bonchev–Trinajstić information content (AvgIpc) is 3.16. The maximum atomic E-state index is 5.90. The topological polar surface area (TPSA) is 60.6 Å². The molecule has 0 saturated heterocycles. The second-order valence-corrected chi connectivity index (χ2v) is 6.51. The van der Waals surface area contributed by atoms with Gasteiger partial charge in [-0.1, -0.05) is 30.3 Å². The summed E-state index contributed by atoms with van der Waals surface area (Å²) >= 11 is 0. The third kappa shape index (κ3) is 3.85. The van der Waals surface area contributed by atoms with E-state index in [2.05, 4.69) is 21.2 Å². The third-order valence-corrected chi connectivity index (χ3v) is 4.36. The second-order valence-electron chi connectivity index (χ2n) is 6.51. The van der Waals surface area contributed by atoms with E-state index in [0.29, 0.717) is 24.9 Å². The van der Waals surface area contributed by atoms with Gasteiger partial charge in [0, 0.05) is 17.7 Å². The highest BCUT2D eigenvalue weighted by Crippen LogP contribution is 2.35. The van der Waals surface area contributed by atoms with Gasteiger partial charge in [-0.05, 0) is 36.9 Å². The Morgan fingerprint density at radius 3 is 2.70 bits per heavy atom. The quantitative estimate of drug-likeness (QED) is 0.666. The zero-order chi connectivity index (χ0) is 18.6. The largest absolute Gasteiger partial charge is 0.493 e. The summed E-state index contributed by atoms with van der Waals surface area (Å²) in [5, 5.41) is 8.30. The standard InChI is InChI=1S/C21H21N3O3/c1-24(13-19-22-23-21(27-19)16-7-4-3-5-8-16)12-15-11-17-9-6-10-18(25-2)20(17)26-14-15/h3-11H,12-14H2,1-2H3. The summed E-state index contributed by atoms with van der Waals surface area (Å²) in [4.78, 5) is 2.13. The first-order valence-corrected chi connectivity index (χ1v) is 8.78. The van der Waals surface area contributed by atoms with Gasteiger partial charge in [-0.15, -0.1) is 10.2 Å². The second kappa shape index (κ2) is 7.63. The van der Waals surface area contributed by atoms with Crippen molar-refractivity contribution in [3.05, 3.63) is 65.6 Å². The van der Waals surface area contributed by atoms with Crippen molar-refractivity contribution in [2.45, 2.75) is 6.54 Å². The molecule has 0 atom stereocenters. The van der Waals surface area contributed by atoms with Crippen molar-refractivity contribution < 1.29 is 13.9 Å². The first-order valence-electron chi connectivity index (χ1n) is 8.78. The normalized spacial score (nSPS) is 13.1. The summed E-state index contributed by atoms with van der Waals surface area (Å²) in [6.45, 7) is 1.86. The fourth-order valence-electron chi connectivity index (χ4n) is 3.13. The van der Waals surface area contributed by atoms with Gasteiger partial charge in [0.15, 0.2) is 11.5 Å². The first kappa shape index (κ1) is 17.3. The van der Waals surface area contributed by atoms with E-state index in [0.717, 1.165) is 29.2 Å². The van der Waals surface area contributed by atoms with E-state index < -0.39 is 0 Å². The van der Waals surface area contributed by atoms with Gasteiger partial charge in [0.1, 0.15) is 6.61 Å². The van der Waals surface area contributed by atoms with Gasteiger partial charge in [-0.2, -0.15) is 0 Å². The van der Waals surface area contributed by atoms with Crippen molar-refractivity contribution >= 4 is 6.08 Å². The minimum Gasteiger partial charge on any atom is -0.493 e. The molecule has 0 fully saturated rings. The van der Waals surface area contributed by atoms with Crippen LogP contribution in [-0.4, -0.2) is 42.4 Å². The molecule has 6 heteroatoms. The van der Waals surface area contributed by atoms with E-state index in [4.69, 9.17) is 13.9 Å². The monoisotopic (exact) mass is 363 g/mol. The Balaban J connectivity index is 1.42. The van der Waals surface area contributed by atoms with Gasteiger partial charge in [-0.3, -0.25) is 4.90 Å². The van der Waals surface area contributed by atoms with Crippen LogP contribution in [0.5, 0.6) is 11.5 Å². The minimum atomic E-state index is 0.539. The lowest BCUT2D eigenvalue weighted by Crippen LogP contribution is -2.24. The molecular weight excluding hydrogens is 342 g/mol. The van der Waals surface area contributed by atoms with Crippen LogP contribution in [0.25, 0.3) is 17.5 Å². The zero-order valence-electron chi connectivity index (χ0n) is 15.4. The lowest BCUT2D eigenvalue weighted by molar-refractivity contribution is 0.277. The Morgan fingerprint density at radius 1 is 1.04 bits per heavy atom. The number of ether oxygens (including phenoxy) is 2. The molecule has 0 radical (unpaired) electrons. The molecule has 4 rings (SSSR count). The molecule has 3 aromatic rings. The molecule has 0 aliphatic carbocycles. The van der Waals surface area contributed by atoms with Crippen LogP contribution >= 0.6 is 0 Å². The molecule has 2 heterocycles. The van der Waals surface area contributed by atoms with Gasteiger partial charge < -0.3 is 13.9 Å². The molecule has 27 heavy (non-hydrogen) atoms. The molecule has 0 amide bonds. The molecule has 0 saturated carbocycles. The third-order valence-electron chi connectivity index (χ3n) is 4.36. The SMILES string of the molecule is COc1cccc2c1OCC(CN(C)Cc1nnc(-c3ccccc3)o1)=C2. The van der Waals surface area contributed by atoms with Crippen LogP contribution in [0, 0.1) is 0 Å². The molecule has 1 aromatic heterocycles. The fraction of sp³-hybridized carbons (Fsp3) is 0.238. The number of methoxy groups -OCH3 is 1. The van der Waals surface area contributed by atoms with Crippen LogP contribution in [-0.2, 0) is 6.54 Å². The number of benzene rings is 2.